The number of allylic oxidation sites excluding steroid dienone is 2. The highest BCUT2D eigenvalue weighted by Gasteiger charge is 2.57. The molecule has 3 rings (SSSR count). The molecule has 2 nitrogen and oxygen atoms in total. The first-order valence-corrected chi connectivity index (χ1v) is 4.35. The Hall–Kier alpha value is -0.340. The zero-order valence-electron chi connectivity index (χ0n) is 6.45. The van der Waals surface area contributed by atoms with Crippen LogP contribution < -0.4 is 0 Å². The predicted molar refractivity (Wildman–Crippen MR) is 40.0 cm³/mol. The Morgan fingerprint density at radius 1 is 1.27 bits per heavy atom. The molecule has 0 radical (unpaired) electrons. The molecule has 11 heavy (non-hydrogen) atoms. The highest BCUT2D eigenvalue weighted by molar-refractivity contribution is 5.14. The normalized spacial score (nSPS) is 44.4. The van der Waals surface area contributed by atoms with Crippen molar-refractivity contribution < 1.29 is 9.47 Å². The first-order valence-electron chi connectivity index (χ1n) is 4.35. The highest BCUT2D eigenvalue weighted by Crippen LogP contribution is 2.54. The quantitative estimate of drug-likeness (QED) is 0.487. The maximum absolute atomic E-state index is 5.63. The van der Waals surface area contributed by atoms with E-state index in [-0.39, 0.29) is 5.79 Å². The van der Waals surface area contributed by atoms with Crippen molar-refractivity contribution in [1.82, 2.24) is 0 Å². The molecule has 2 heteroatoms. The third-order valence-electron chi connectivity index (χ3n) is 3.15. The Bertz CT molecular complexity index is 204. The van der Waals surface area contributed by atoms with Crippen molar-refractivity contribution in [3.63, 3.8) is 0 Å². The predicted octanol–water partition coefficient (Wildman–Crippen LogP) is 1.33. The third-order valence-corrected chi connectivity index (χ3v) is 3.15. The number of rotatable bonds is 0. The van der Waals surface area contributed by atoms with Gasteiger partial charge in [0.15, 0.2) is 5.79 Å². The van der Waals surface area contributed by atoms with Gasteiger partial charge in [-0.15, -0.1) is 0 Å². The van der Waals surface area contributed by atoms with Gasteiger partial charge < -0.3 is 9.47 Å². The molecule has 0 aromatic rings. The Kier molecular flexibility index (Phi) is 1.06. The highest BCUT2D eigenvalue weighted by atomic mass is 16.7. The fourth-order valence-electron chi connectivity index (χ4n) is 2.55. The van der Waals surface area contributed by atoms with Gasteiger partial charge in [-0.05, 0) is 12.3 Å². The van der Waals surface area contributed by atoms with Gasteiger partial charge in [0.05, 0.1) is 13.2 Å². The number of fused-ring (bicyclic) bond motifs is 2. The van der Waals surface area contributed by atoms with Gasteiger partial charge in [-0.1, -0.05) is 12.2 Å². The van der Waals surface area contributed by atoms with Crippen LogP contribution in [-0.4, -0.2) is 19.0 Å². The van der Waals surface area contributed by atoms with E-state index in [0.29, 0.717) is 5.92 Å². The van der Waals surface area contributed by atoms with Gasteiger partial charge >= 0.3 is 0 Å². The molecule has 1 saturated carbocycles. The summed E-state index contributed by atoms with van der Waals surface area (Å²) in [5.41, 5.74) is 0. The van der Waals surface area contributed by atoms with Crippen LogP contribution in [0.4, 0.5) is 0 Å². The largest absolute Gasteiger partial charge is 0.347 e. The van der Waals surface area contributed by atoms with Gasteiger partial charge in [0, 0.05) is 12.3 Å². The van der Waals surface area contributed by atoms with Crippen molar-refractivity contribution in [2.75, 3.05) is 13.2 Å². The van der Waals surface area contributed by atoms with Gasteiger partial charge in [-0.2, -0.15) is 0 Å². The number of ether oxygens (including phenoxy) is 2. The zero-order chi connectivity index (χ0) is 7.31. The Labute approximate surface area is 66.2 Å². The first-order chi connectivity index (χ1) is 5.41. The van der Waals surface area contributed by atoms with Gasteiger partial charge in [0.1, 0.15) is 0 Å². The van der Waals surface area contributed by atoms with Gasteiger partial charge in [0.2, 0.25) is 0 Å². The summed E-state index contributed by atoms with van der Waals surface area (Å²) in [6, 6.07) is 0. The van der Waals surface area contributed by atoms with Crippen LogP contribution in [0.5, 0.6) is 0 Å². The van der Waals surface area contributed by atoms with Crippen LogP contribution in [0, 0.1) is 11.8 Å². The molecule has 2 aliphatic carbocycles. The van der Waals surface area contributed by atoms with E-state index in [9.17, 15) is 0 Å². The van der Waals surface area contributed by atoms with Crippen molar-refractivity contribution >= 4 is 0 Å². The molecule has 2 fully saturated rings. The second-order valence-corrected chi connectivity index (χ2v) is 3.65. The molecule has 0 N–H and O–H groups in total. The average molecular weight is 152 g/mol. The van der Waals surface area contributed by atoms with E-state index >= 15 is 0 Å². The molecule has 0 amide bonds. The van der Waals surface area contributed by atoms with E-state index in [1.54, 1.807) is 0 Å². The maximum atomic E-state index is 5.63. The van der Waals surface area contributed by atoms with Crippen LogP contribution in [0.3, 0.4) is 0 Å². The van der Waals surface area contributed by atoms with Crippen LogP contribution in [0.2, 0.25) is 0 Å². The average Bonchev–Trinajstić information content (AvgIpc) is 2.52. The molecule has 0 unspecified atom stereocenters. The summed E-state index contributed by atoms with van der Waals surface area (Å²) < 4.78 is 11.3. The van der Waals surface area contributed by atoms with Crippen molar-refractivity contribution in [3.05, 3.63) is 12.2 Å². The molecule has 2 atom stereocenters. The van der Waals surface area contributed by atoms with Crippen molar-refractivity contribution in [1.29, 1.82) is 0 Å². The molecule has 1 heterocycles. The lowest BCUT2D eigenvalue weighted by Gasteiger charge is -2.47. The van der Waals surface area contributed by atoms with E-state index < -0.39 is 0 Å². The van der Waals surface area contributed by atoms with Crippen LogP contribution in [-0.2, 0) is 9.47 Å². The maximum Gasteiger partial charge on any atom is 0.172 e. The standard InChI is InChI=1S/C9H12O2/c1-2-7-6-9(8(7)3-1)10-4-5-11-9/h1-2,7-8H,3-6H2/t7-,8+/m1/s1. The lowest BCUT2D eigenvalue weighted by atomic mass is 9.70. The summed E-state index contributed by atoms with van der Waals surface area (Å²) >= 11 is 0. The van der Waals surface area contributed by atoms with Crippen LogP contribution in [0.15, 0.2) is 12.2 Å². The molecule has 1 spiro atoms. The molecule has 0 bridgehead atoms. The van der Waals surface area contributed by atoms with Crippen LogP contribution in [0.25, 0.3) is 0 Å². The second kappa shape index (κ2) is 1.87. The van der Waals surface area contributed by atoms with Gasteiger partial charge in [-0.3, -0.25) is 0 Å². The lowest BCUT2D eigenvalue weighted by molar-refractivity contribution is -0.262. The summed E-state index contributed by atoms with van der Waals surface area (Å²) in [6.45, 7) is 1.59. The topological polar surface area (TPSA) is 18.5 Å². The molecule has 0 aromatic heterocycles. The summed E-state index contributed by atoms with van der Waals surface area (Å²) in [6.07, 6.45) is 6.81. The van der Waals surface area contributed by atoms with E-state index in [1.165, 1.54) is 0 Å². The lowest BCUT2D eigenvalue weighted by Crippen LogP contribution is -2.52. The fourth-order valence-corrected chi connectivity index (χ4v) is 2.55. The summed E-state index contributed by atoms with van der Waals surface area (Å²) in [5, 5.41) is 0. The molecule has 1 aliphatic heterocycles. The molecular weight excluding hydrogens is 140 g/mol. The van der Waals surface area contributed by atoms with Crippen molar-refractivity contribution in [3.8, 4) is 0 Å². The summed E-state index contributed by atoms with van der Waals surface area (Å²) in [7, 11) is 0. The minimum absolute atomic E-state index is 0.145. The zero-order valence-corrected chi connectivity index (χ0v) is 6.45. The van der Waals surface area contributed by atoms with Crippen molar-refractivity contribution in [2.45, 2.75) is 18.6 Å². The second-order valence-electron chi connectivity index (χ2n) is 3.65. The fraction of sp³-hybridized carbons (Fsp3) is 0.778. The molecule has 3 aliphatic rings. The molecule has 1 saturated heterocycles. The first kappa shape index (κ1) is 6.21. The Morgan fingerprint density at radius 3 is 2.82 bits per heavy atom. The van der Waals surface area contributed by atoms with Crippen LogP contribution >= 0.6 is 0 Å². The summed E-state index contributed by atoms with van der Waals surface area (Å²) in [4.78, 5) is 0. The van der Waals surface area contributed by atoms with E-state index in [4.69, 9.17) is 9.47 Å². The molecule has 0 aromatic carbocycles. The minimum Gasteiger partial charge on any atom is -0.347 e. The van der Waals surface area contributed by atoms with Crippen LogP contribution in [0.1, 0.15) is 12.8 Å². The Balaban J connectivity index is 1.83. The minimum atomic E-state index is -0.145. The smallest absolute Gasteiger partial charge is 0.172 e. The monoisotopic (exact) mass is 152 g/mol. The molecule has 60 valence electrons. The van der Waals surface area contributed by atoms with Gasteiger partial charge in [0.25, 0.3) is 0 Å². The molecular formula is C9H12O2. The SMILES string of the molecule is C1=C[C@@H]2CC3(OCCO3)[C@H]2C1. The van der Waals surface area contributed by atoms with E-state index in [2.05, 4.69) is 12.2 Å². The number of hydrogen-bond donors (Lipinski definition) is 0. The number of hydrogen-bond acceptors (Lipinski definition) is 2. The Morgan fingerprint density at radius 2 is 2.09 bits per heavy atom. The van der Waals surface area contributed by atoms with Crippen molar-refractivity contribution in [2.24, 2.45) is 11.8 Å². The van der Waals surface area contributed by atoms with E-state index in [1.807, 2.05) is 0 Å². The third kappa shape index (κ3) is 0.644. The van der Waals surface area contributed by atoms with Gasteiger partial charge in [-0.25, -0.2) is 0 Å². The summed E-state index contributed by atoms with van der Waals surface area (Å²) in [5.74, 6) is 1.26. The van der Waals surface area contributed by atoms with E-state index in [0.717, 1.165) is 32.0 Å².